The molecule has 2 heterocycles. The van der Waals surface area contributed by atoms with Crippen LogP contribution in [0.5, 0.6) is 5.75 Å². The van der Waals surface area contributed by atoms with Crippen molar-refractivity contribution in [3.8, 4) is 17.0 Å². The fraction of sp³-hybridized carbons (Fsp3) is 0.0690. The first kappa shape index (κ1) is 23.4. The minimum atomic E-state index is -3.90. The minimum Gasteiger partial charge on any atom is -0.379 e. The number of rotatable bonds is 8. The van der Waals surface area contributed by atoms with Gasteiger partial charge in [0.05, 0.1) is 5.41 Å². The molecule has 2 aromatic heterocycles. The van der Waals surface area contributed by atoms with E-state index in [1.54, 1.807) is 12.1 Å². The average molecular weight is 496 g/mol. The third kappa shape index (κ3) is 5.47. The Kier molecular flexibility index (Phi) is 6.56. The lowest BCUT2D eigenvalue weighted by atomic mass is 10.1. The first-order valence-corrected chi connectivity index (χ1v) is 13.0. The second-order valence-corrected chi connectivity index (χ2v) is 9.82. The molecule has 0 saturated carbocycles. The van der Waals surface area contributed by atoms with Crippen molar-refractivity contribution in [1.29, 1.82) is 0 Å². The summed E-state index contributed by atoms with van der Waals surface area (Å²) in [5.74, 6) is 1.09. The number of nitrogens with one attached hydrogen (secondary N) is 1. The number of aromatic nitrogens is 2. The largest absolute Gasteiger partial charge is 0.379 e. The minimum absolute atomic E-state index is 0.231. The smallest absolute Gasteiger partial charge is 0.332 e. The summed E-state index contributed by atoms with van der Waals surface area (Å²) in [5, 5.41) is 4.58. The lowest BCUT2D eigenvalue weighted by Crippen LogP contribution is -2.05. The molecular formula is C29H25N3O3S. The Morgan fingerprint density at radius 1 is 0.917 bits per heavy atom. The highest BCUT2D eigenvalue weighted by atomic mass is 32.2. The SMILES string of the molecule is Cc1ccn2c(NCc3ccccc3)c(-c3ccc(OS(=O)(=O)C=Cc4ccccc4)cc3)nc2c1. The van der Waals surface area contributed by atoms with E-state index in [4.69, 9.17) is 9.17 Å². The summed E-state index contributed by atoms with van der Waals surface area (Å²) in [7, 11) is -3.90. The van der Waals surface area contributed by atoms with Crippen molar-refractivity contribution < 1.29 is 12.6 Å². The summed E-state index contributed by atoms with van der Waals surface area (Å²) in [4.78, 5) is 4.85. The molecule has 180 valence electrons. The molecule has 0 bridgehead atoms. The van der Waals surface area contributed by atoms with Crippen LogP contribution >= 0.6 is 0 Å². The van der Waals surface area contributed by atoms with Crippen LogP contribution in [0.4, 0.5) is 5.82 Å². The number of benzene rings is 3. The highest BCUT2D eigenvalue weighted by molar-refractivity contribution is 7.90. The maximum absolute atomic E-state index is 12.4. The van der Waals surface area contributed by atoms with E-state index in [2.05, 4.69) is 17.4 Å². The van der Waals surface area contributed by atoms with Gasteiger partial charge in [-0.1, -0.05) is 60.7 Å². The number of nitrogens with zero attached hydrogens (tertiary/aromatic N) is 2. The zero-order chi connectivity index (χ0) is 25.0. The molecule has 5 aromatic rings. The van der Waals surface area contributed by atoms with E-state index >= 15 is 0 Å². The van der Waals surface area contributed by atoms with Crippen LogP contribution in [0, 0.1) is 6.92 Å². The lowest BCUT2D eigenvalue weighted by Gasteiger charge is -2.10. The Hall–Kier alpha value is -4.36. The Morgan fingerprint density at radius 2 is 1.61 bits per heavy atom. The van der Waals surface area contributed by atoms with E-state index in [1.165, 1.54) is 6.08 Å². The Bertz CT molecular complexity index is 1610. The van der Waals surface area contributed by atoms with Crippen LogP contribution in [0.25, 0.3) is 23.0 Å². The number of pyridine rings is 1. The van der Waals surface area contributed by atoms with Crippen molar-refractivity contribution in [3.63, 3.8) is 0 Å². The van der Waals surface area contributed by atoms with Crippen molar-refractivity contribution in [1.82, 2.24) is 9.38 Å². The van der Waals surface area contributed by atoms with Gasteiger partial charge in [-0.15, -0.1) is 0 Å². The number of hydrogen-bond acceptors (Lipinski definition) is 5. The van der Waals surface area contributed by atoms with Gasteiger partial charge in [0.1, 0.15) is 22.9 Å². The van der Waals surface area contributed by atoms with Crippen LogP contribution in [-0.2, 0) is 16.7 Å². The third-order valence-electron chi connectivity index (χ3n) is 5.65. The summed E-state index contributed by atoms with van der Waals surface area (Å²) < 4.78 is 32.1. The van der Waals surface area contributed by atoms with E-state index in [1.807, 2.05) is 90.3 Å². The maximum atomic E-state index is 12.4. The molecule has 0 radical (unpaired) electrons. The number of imidazole rings is 1. The van der Waals surface area contributed by atoms with Gasteiger partial charge < -0.3 is 9.50 Å². The number of hydrogen-bond donors (Lipinski definition) is 1. The first-order valence-electron chi connectivity index (χ1n) is 11.5. The first-order chi connectivity index (χ1) is 17.5. The number of anilines is 1. The van der Waals surface area contributed by atoms with E-state index in [0.717, 1.165) is 44.8 Å². The van der Waals surface area contributed by atoms with E-state index in [-0.39, 0.29) is 5.75 Å². The summed E-state index contributed by atoms with van der Waals surface area (Å²) in [5.41, 5.74) is 5.49. The van der Waals surface area contributed by atoms with Crippen LogP contribution in [0.2, 0.25) is 0 Å². The maximum Gasteiger partial charge on any atom is 0.332 e. The standard InChI is InChI=1S/C29H25N3O3S/c1-22-16-18-32-27(20-22)31-28(29(32)30-21-24-10-6-3-7-11-24)25-12-14-26(15-13-25)35-36(33,34)19-17-23-8-4-2-5-9-23/h2-20,30H,21H2,1H3. The molecule has 3 aromatic carbocycles. The van der Waals surface area contributed by atoms with Gasteiger partial charge in [-0.25, -0.2) is 4.98 Å². The van der Waals surface area contributed by atoms with Gasteiger partial charge in [-0.2, -0.15) is 8.42 Å². The molecule has 6 nitrogen and oxygen atoms in total. The van der Waals surface area contributed by atoms with Crippen LogP contribution in [0.15, 0.2) is 109 Å². The zero-order valence-electron chi connectivity index (χ0n) is 19.7. The molecular weight excluding hydrogens is 470 g/mol. The molecule has 0 aliphatic heterocycles. The Balaban J connectivity index is 1.40. The van der Waals surface area contributed by atoms with Crippen LogP contribution < -0.4 is 9.50 Å². The molecule has 0 spiro atoms. The molecule has 1 N–H and O–H groups in total. The molecule has 0 unspecified atom stereocenters. The van der Waals surface area contributed by atoms with Gasteiger partial charge in [0.25, 0.3) is 0 Å². The molecule has 0 saturated heterocycles. The lowest BCUT2D eigenvalue weighted by molar-refractivity contribution is 0.497. The molecule has 0 aliphatic carbocycles. The molecule has 0 fully saturated rings. The predicted molar refractivity (Wildman–Crippen MR) is 144 cm³/mol. The normalized spacial score (nSPS) is 11.7. The van der Waals surface area contributed by atoms with Crippen LogP contribution in [0.3, 0.4) is 0 Å². The summed E-state index contributed by atoms with van der Waals surface area (Å²) >= 11 is 0. The molecule has 36 heavy (non-hydrogen) atoms. The number of fused-ring (bicyclic) bond motifs is 1. The van der Waals surface area contributed by atoms with E-state index in [9.17, 15) is 8.42 Å². The summed E-state index contributed by atoms with van der Waals surface area (Å²) in [6.45, 7) is 2.67. The van der Waals surface area contributed by atoms with Gasteiger partial charge >= 0.3 is 10.1 Å². The van der Waals surface area contributed by atoms with Gasteiger partial charge in [0.15, 0.2) is 0 Å². The van der Waals surface area contributed by atoms with Crippen molar-refractivity contribution in [2.45, 2.75) is 13.5 Å². The van der Waals surface area contributed by atoms with Crippen molar-refractivity contribution in [2.24, 2.45) is 0 Å². The molecule has 0 atom stereocenters. The molecule has 0 amide bonds. The van der Waals surface area contributed by atoms with Gasteiger partial charge in [0.2, 0.25) is 0 Å². The number of aryl methyl sites for hydroxylation is 1. The van der Waals surface area contributed by atoms with Gasteiger partial charge in [-0.05, 0) is 66.1 Å². The average Bonchev–Trinajstić information content (AvgIpc) is 3.25. The van der Waals surface area contributed by atoms with Gasteiger partial charge in [0, 0.05) is 18.3 Å². The van der Waals surface area contributed by atoms with E-state index < -0.39 is 10.1 Å². The topological polar surface area (TPSA) is 72.7 Å². The van der Waals surface area contributed by atoms with Crippen LogP contribution in [-0.4, -0.2) is 17.8 Å². The van der Waals surface area contributed by atoms with E-state index in [0.29, 0.717) is 6.54 Å². The Labute approximate surface area is 210 Å². The monoisotopic (exact) mass is 495 g/mol. The fourth-order valence-electron chi connectivity index (χ4n) is 3.85. The predicted octanol–water partition coefficient (Wildman–Crippen LogP) is 6.30. The fourth-order valence-corrected chi connectivity index (χ4v) is 4.61. The highest BCUT2D eigenvalue weighted by Crippen LogP contribution is 2.31. The van der Waals surface area contributed by atoms with Crippen molar-refractivity contribution in [2.75, 3.05) is 5.32 Å². The summed E-state index contributed by atoms with van der Waals surface area (Å²) in [6.07, 6.45) is 3.50. The molecule has 0 aliphatic rings. The third-order valence-corrected chi connectivity index (χ3v) is 6.55. The van der Waals surface area contributed by atoms with Crippen molar-refractivity contribution >= 4 is 27.7 Å². The second-order valence-electron chi connectivity index (χ2n) is 8.39. The highest BCUT2D eigenvalue weighted by Gasteiger charge is 2.15. The van der Waals surface area contributed by atoms with Crippen molar-refractivity contribution in [3.05, 3.63) is 125 Å². The quantitative estimate of drug-likeness (QED) is 0.256. The molecule has 7 heteroatoms. The zero-order valence-corrected chi connectivity index (χ0v) is 20.5. The van der Waals surface area contributed by atoms with Gasteiger partial charge in [-0.3, -0.25) is 4.40 Å². The second kappa shape index (κ2) is 10.1. The van der Waals surface area contributed by atoms with Crippen LogP contribution in [0.1, 0.15) is 16.7 Å². The molecule has 5 rings (SSSR count). The Morgan fingerprint density at radius 3 is 2.33 bits per heavy atom. The summed E-state index contributed by atoms with van der Waals surface area (Å²) in [6, 6.07) is 30.3.